The molecule has 0 saturated heterocycles. The van der Waals surface area contributed by atoms with E-state index in [1.807, 2.05) is 109 Å². The van der Waals surface area contributed by atoms with E-state index in [1.54, 1.807) is 30.3 Å². The van der Waals surface area contributed by atoms with E-state index in [0.29, 0.717) is 23.7 Å². The fourth-order valence-corrected chi connectivity index (χ4v) is 5.01. The zero-order chi connectivity index (χ0) is 35.7. The molecule has 0 fully saturated rings. The largest absolute Gasteiger partial charge is 0.485 e. The first-order chi connectivity index (χ1) is 25.0. The molecule has 0 saturated carbocycles. The van der Waals surface area contributed by atoms with E-state index in [9.17, 15) is 19.5 Å². The van der Waals surface area contributed by atoms with Gasteiger partial charge in [-0.25, -0.2) is 9.59 Å². The minimum Gasteiger partial charge on any atom is -0.485 e. The van der Waals surface area contributed by atoms with Gasteiger partial charge < -0.3 is 34.7 Å². The van der Waals surface area contributed by atoms with Crippen LogP contribution in [0.25, 0.3) is 0 Å². The first kappa shape index (κ1) is 36.2. The molecule has 0 heterocycles. The number of amides is 2. The van der Waals surface area contributed by atoms with Gasteiger partial charge in [-0.15, -0.1) is 0 Å². The van der Waals surface area contributed by atoms with Crippen molar-refractivity contribution in [3.05, 3.63) is 167 Å². The predicted octanol–water partition coefficient (Wildman–Crippen LogP) is 5.90. The highest BCUT2D eigenvalue weighted by molar-refractivity contribution is 5.90. The molecule has 5 aromatic carbocycles. The number of alkyl carbamates (subject to hydrolysis) is 1. The summed E-state index contributed by atoms with van der Waals surface area (Å²) in [7, 11) is 0. The first-order valence-electron chi connectivity index (χ1n) is 16.5. The molecular weight excluding hydrogens is 648 g/mol. The van der Waals surface area contributed by atoms with Crippen LogP contribution in [0.1, 0.15) is 27.8 Å². The Morgan fingerprint density at radius 2 is 0.980 bits per heavy atom. The van der Waals surface area contributed by atoms with Crippen molar-refractivity contribution in [2.45, 2.75) is 44.9 Å². The number of rotatable bonds is 17. The van der Waals surface area contributed by atoms with Gasteiger partial charge in [-0.05, 0) is 39.9 Å². The number of hydrogen-bond acceptors (Lipinski definition) is 8. The van der Waals surface area contributed by atoms with Crippen LogP contribution in [0.5, 0.6) is 11.5 Å². The molecule has 3 N–H and O–H groups in total. The van der Waals surface area contributed by atoms with Crippen molar-refractivity contribution >= 4 is 18.0 Å². The molecule has 2 amide bonds. The maximum absolute atomic E-state index is 13.7. The Morgan fingerprint density at radius 1 is 0.510 bits per heavy atom. The number of carbonyl (C=O) groups is 3. The lowest BCUT2D eigenvalue weighted by atomic mass is 10.0. The number of nitrogens with one attached hydrogen (secondary N) is 2. The maximum Gasteiger partial charge on any atom is 0.408 e. The molecule has 0 spiro atoms. The van der Waals surface area contributed by atoms with Gasteiger partial charge in [-0.2, -0.15) is 0 Å². The molecule has 0 bridgehead atoms. The van der Waals surface area contributed by atoms with Crippen LogP contribution >= 0.6 is 0 Å². The van der Waals surface area contributed by atoms with Crippen molar-refractivity contribution in [1.29, 1.82) is 0 Å². The normalized spacial score (nSPS) is 11.8. The lowest BCUT2D eigenvalue weighted by molar-refractivity contribution is -0.150. The summed E-state index contributed by atoms with van der Waals surface area (Å²) in [6, 6.07) is 40.2. The zero-order valence-corrected chi connectivity index (χ0v) is 28.0. The Kier molecular flexibility index (Phi) is 13.6. The topological polar surface area (TPSA) is 132 Å². The van der Waals surface area contributed by atoms with Crippen molar-refractivity contribution in [2.75, 3.05) is 6.61 Å². The van der Waals surface area contributed by atoms with Crippen LogP contribution < -0.4 is 20.1 Å². The molecule has 5 rings (SSSR count). The summed E-state index contributed by atoms with van der Waals surface area (Å²) in [4.78, 5) is 39.5. The smallest absolute Gasteiger partial charge is 0.408 e. The molecule has 5 aromatic rings. The number of esters is 1. The summed E-state index contributed by atoms with van der Waals surface area (Å²) < 4.78 is 23.1. The highest BCUT2D eigenvalue weighted by Crippen LogP contribution is 2.31. The summed E-state index contributed by atoms with van der Waals surface area (Å²) in [6.45, 7) is -0.190. The van der Waals surface area contributed by atoms with E-state index >= 15 is 0 Å². The van der Waals surface area contributed by atoms with Gasteiger partial charge in [-0.1, -0.05) is 127 Å². The summed E-state index contributed by atoms with van der Waals surface area (Å²) in [5.74, 6) is -0.609. The van der Waals surface area contributed by atoms with Gasteiger partial charge in [0.2, 0.25) is 5.91 Å². The van der Waals surface area contributed by atoms with Crippen LogP contribution in [0.4, 0.5) is 4.79 Å². The van der Waals surface area contributed by atoms with Gasteiger partial charge >= 0.3 is 12.1 Å². The second-order valence-electron chi connectivity index (χ2n) is 11.6. The fraction of sp³-hybridized carbons (Fsp3) is 0.195. The van der Waals surface area contributed by atoms with E-state index in [4.69, 9.17) is 18.9 Å². The third-order valence-electron chi connectivity index (χ3n) is 7.75. The number of benzene rings is 5. The average molecular weight is 689 g/mol. The van der Waals surface area contributed by atoms with E-state index in [0.717, 1.165) is 22.3 Å². The van der Waals surface area contributed by atoms with E-state index < -0.39 is 36.7 Å². The molecule has 10 heteroatoms. The van der Waals surface area contributed by atoms with Crippen LogP contribution in [-0.4, -0.2) is 41.8 Å². The van der Waals surface area contributed by atoms with Crippen LogP contribution in [0.3, 0.4) is 0 Å². The van der Waals surface area contributed by atoms with Gasteiger partial charge in [0.1, 0.15) is 32.5 Å². The van der Waals surface area contributed by atoms with Gasteiger partial charge in [0.25, 0.3) is 0 Å². The van der Waals surface area contributed by atoms with E-state index in [-0.39, 0.29) is 26.2 Å². The Bertz CT molecular complexity index is 1820. The summed E-state index contributed by atoms with van der Waals surface area (Å²) in [5, 5.41) is 15.1. The molecule has 0 aliphatic carbocycles. The van der Waals surface area contributed by atoms with Gasteiger partial charge in [0.15, 0.2) is 17.5 Å². The molecule has 0 aliphatic heterocycles. The summed E-state index contributed by atoms with van der Waals surface area (Å²) >= 11 is 0. The Labute approximate surface area is 297 Å². The Morgan fingerprint density at radius 3 is 1.49 bits per heavy atom. The number of ether oxygens (including phenoxy) is 4. The molecule has 262 valence electrons. The molecular formula is C41H40N2O8. The molecule has 2 atom stereocenters. The van der Waals surface area contributed by atoms with Crippen molar-refractivity contribution < 1.29 is 38.4 Å². The van der Waals surface area contributed by atoms with Crippen LogP contribution in [0.2, 0.25) is 0 Å². The quantitative estimate of drug-likeness (QED) is 0.103. The number of carbonyl (C=O) groups excluding carboxylic acids is 3. The van der Waals surface area contributed by atoms with Gasteiger partial charge in [0.05, 0.1) is 6.61 Å². The zero-order valence-electron chi connectivity index (χ0n) is 28.0. The minimum atomic E-state index is -1.37. The SMILES string of the molecule is O=C(N[C@@H](Cc1ccc(OCc2ccccc2)c(OCc2ccccc2)c1)C(=O)N[C@@H](CO)C(=O)OCc1ccccc1)OCc1ccccc1. The van der Waals surface area contributed by atoms with Crippen LogP contribution in [0, 0.1) is 0 Å². The van der Waals surface area contributed by atoms with Crippen molar-refractivity contribution in [3.8, 4) is 11.5 Å². The Balaban J connectivity index is 1.33. The first-order valence-corrected chi connectivity index (χ1v) is 16.5. The molecule has 0 unspecified atom stereocenters. The summed E-state index contributed by atoms with van der Waals surface area (Å²) in [6.07, 6.45) is -0.848. The molecule has 0 aromatic heterocycles. The maximum atomic E-state index is 13.7. The number of aliphatic hydroxyl groups excluding tert-OH is 1. The average Bonchev–Trinajstić information content (AvgIpc) is 3.18. The van der Waals surface area contributed by atoms with Gasteiger partial charge in [0, 0.05) is 6.42 Å². The third-order valence-corrected chi connectivity index (χ3v) is 7.75. The summed E-state index contributed by atoms with van der Waals surface area (Å²) in [5.41, 5.74) is 4.07. The highest BCUT2D eigenvalue weighted by Gasteiger charge is 2.28. The van der Waals surface area contributed by atoms with Crippen molar-refractivity contribution in [2.24, 2.45) is 0 Å². The van der Waals surface area contributed by atoms with Gasteiger partial charge in [-0.3, -0.25) is 4.79 Å². The number of hydrogen-bond donors (Lipinski definition) is 3. The second kappa shape index (κ2) is 19.2. The molecule has 0 aliphatic rings. The van der Waals surface area contributed by atoms with Crippen molar-refractivity contribution in [1.82, 2.24) is 10.6 Å². The molecule has 0 radical (unpaired) electrons. The van der Waals surface area contributed by atoms with Crippen LogP contribution in [0.15, 0.2) is 140 Å². The standard InChI is InChI=1S/C41H40N2O8/c44-25-36(40(46)50-28-32-17-9-3-10-18-32)42-39(45)35(43-41(47)51-29-33-19-11-4-12-20-33)23-34-21-22-37(48-26-30-13-5-1-6-14-30)38(24-34)49-27-31-15-7-2-8-16-31/h1-22,24,35-36,44H,23,25-29H2,(H,42,45)(H,43,47)/t35-,36-/m0/s1. The monoisotopic (exact) mass is 688 g/mol. The number of aliphatic hydroxyl groups is 1. The van der Waals surface area contributed by atoms with E-state index in [1.165, 1.54) is 0 Å². The fourth-order valence-electron chi connectivity index (χ4n) is 5.01. The lowest BCUT2D eigenvalue weighted by Gasteiger charge is -2.22. The third kappa shape index (κ3) is 11.8. The highest BCUT2D eigenvalue weighted by atomic mass is 16.5. The Hall–Kier alpha value is -6.13. The predicted molar refractivity (Wildman–Crippen MR) is 190 cm³/mol. The molecule has 10 nitrogen and oxygen atoms in total. The lowest BCUT2D eigenvalue weighted by Crippen LogP contribution is -2.53. The molecule has 51 heavy (non-hydrogen) atoms. The van der Waals surface area contributed by atoms with Crippen molar-refractivity contribution in [3.63, 3.8) is 0 Å². The minimum absolute atomic E-state index is 0.00978. The second-order valence-corrected chi connectivity index (χ2v) is 11.6. The van der Waals surface area contributed by atoms with Crippen LogP contribution in [-0.2, 0) is 51.9 Å². The van der Waals surface area contributed by atoms with E-state index in [2.05, 4.69) is 10.6 Å².